The molecule has 0 spiro atoms. The lowest BCUT2D eigenvalue weighted by Gasteiger charge is -2.31. The second-order valence-corrected chi connectivity index (χ2v) is 7.29. The highest BCUT2D eigenvalue weighted by atomic mass is 32.2. The van der Waals surface area contributed by atoms with Crippen molar-refractivity contribution in [1.82, 2.24) is 9.62 Å². The highest BCUT2D eigenvalue weighted by Crippen LogP contribution is 2.24. The zero-order chi connectivity index (χ0) is 10.7. The Kier molecular flexibility index (Phi) is 3.93. The Morgan fingerprint density at radius 1 is 1.20 bits per heavy atom. The van der Waals surface area contributed by atoms with Gasteiger partial charge < -0.3 is 5.32 Å². The average Bonchev–Trinajstić information content (AvgIpc) is 2.40. The molecule has 2 aliphatic rings. The van der Waals surface area contributed by atoms with Crippen molar-refractivity contribution >= 4 is 21.8 Å². The first kappa shape index (κ1) is 11.7. The molecule has 2 heterocycles. The summed E-state index contributed by atoms with van der Waals surface area (Å²) in [5, 5.41) is 3.15. The molecule has 6 heteroatoms. The summed E-state index contributed by atoms with van der Waals surface area (Å²) in [6.07, 6.45) is 2.04. The summed E-state index contributed by atoms with van der Waals surface area (Å²) in [6.45, 7) is 2.04. The Hall–Kier alpha value is 0.220. The number of hydrogen-bond donors (Lipinski definition) is 1. The molecule has 0 atom stereocenters. The molecule has 0 radical (unpaired) electrons. The van der Waals surface area contributed by atoms with Crippen molar-refractivity contribution < 1.29 is 8.42 Å². The summed E-state index contributed by atoms with van der Waals surface area (Å²) in [7, 11) is -3.00. The summed E-state index contributed by atoms with van der Waals surface area (Å²) >= 11 is 1.93. The van der Waals surface area contributed by atoms with Gasteiger partial charge in [0.2, 0.25) is 10.0 Å². The van der Waals surface area contributed by atoms with Crippen LogP contribution in [0.3, 0.4) is 0 Å². The highest BCUT2D eigenvalue weighted by Gasteiger charge is 2.31. The molecule has 4 nitrogen and oxygen atoms in total. The predicted octanol–water partition coefficient (Wildman–Crippen LogP) is 0.117. The van der Waals surface area contributed by atoms with Crippen molar-refractivity contribution in [2.45, 2.75) is 18.9 Å². The van der Waals surface area contributed by atoms with Crippen LogP contribution in [0, 0.1) is 0 Å². The van der Waals surface area contributed by atoms with Crippen molar-refractivity contribution in [1.29, 1.82) is 0 Å². The van der Waals surface area contributed by atoms with Crippen LogP contribution in [0.4, 0.5) is 0 Å². The number of nitrogens with one attached hydrogen (secondary N) is 1. The van der Waals surface area contributed by atoms with Gasteiger partial charge in [-0.2, -0.15) is 16.1 Å². The molecular weight excluding hydrogens is 232 g/mol. The summed E-state index contributed by atoms with van der Waals surface area (Å²) in [5.41, 5.74) is 0. The number of rotatable bonds is 1. The van der Waals surface area contributed by atoms with Gasteiger partial charge in [-0.1, -0.05) is 0 Å². The van der Waals surface area contributed by atoms with Crippen molar-refractivity contribution in [3.63, 3.8) is 0 Å². The van der Waals surface area contributed by atoms with Gasteiger partial charge >= 0.3 is 0 Å². The summed E-state index contributed by atoms with van der Waals surface area (Å²) in [5.74, 6) is 2.46. The maximum Gasteiger partial charge on any atom is 0.215 e. The normalized spacial score (nSPS) is 29.9. The average molecular weight is 250 g/mol. The Morgan fingerprint density at radius 2 is 1.93 bits per heavy atom. The molecule has 1 N–H and O–H groups in total. The highest BCUT2D eigenvalue weighted by molar-refractivity contribution is 7.99. The zero-order valence-corrected chi connectivity index (χ0v) is 10.4. The Morgan fingerprint density at radius 3 is 2.67 bits per heavy atom. The van der Waals surface area contributed by atoms with Gasteiger partial charge in [0.05, 0.1) is 5.75 Å². The second kappa shape index (κ2) is 5.03. The van der Waals surface area contributed by atoms with Crippen molar-refractivity contribution in [2.75, 3.05) is 36.9 Å². The Labute approximate surface area is 95.8 Å². The molecule has 2 fully saturated rings. The van der Waals surface area contributed by atoms with E-state index in [1.165, 1.54) is 0 Å². The van der Waals surface area contributed by atoms with E-state index in [2.05, 4.69) is 5.32 Å². The van der Waals surface area contributed by atoms with E-state index in [-0.39, 0.29) is 11.8 Å². The van der Waals surface area contributed by atoms with E-state index >= 15 is 0 Å². The minimum Gasteiger partial charge on any atom is -0.314 e. The van der Waals surface area contributed by atoms with E-state index in [1.54, 1.807) is 4.31 Å². The minimum atomic E-state index is -3.00. The van der Waals surface area contributed by atoms with Crippen LogP contribution >= 0.6 is 11.8 Å². The first-order valence-electron chi connectivity index (χ1n) is 5.48. The third-order valence-corrected chi connectivity index (χ3v) is 5.97. The summed E-state index contributed by atoms with van der Waals surface area (Å²) in [6, 6.07) is 0.260. The molecule has 0 amide bonds. The number of sulfonamides is 1. The minimum absolute atomic E-state index is 0.260. The zero-order valence-electron chi connectivity index (χ0n) is 8.81. The smallest absolute Gasteiger partial charge is 0.215 e. The standard InChI is InChI=1S/C9H18N2O2S2/c12-15(13)8-4-10-3-5-11(15)9-1-6-14-7-2-9/h9-10H,1-8H2. The van der Waals surface area contributed by atoms with E-state index in [4.69, 9.17) is 0 Å². The molecule has 0 aliphatic carbocycles. The fourth-order valence-electron chi connectivity index (χ4n) is 2.15. The summed E-state index contributed by atoms with van der Waals surface area (Å²) < 4.78 is 25.7. The van der Waals surface area contributed by atoms with Gasteiger partial charge in [0, 0.05) is 25.7 Å². The SMILES string of the molecule is O=S1(=O)CCNCCN1C1CCSCC1. The second-order valence-electron chi connectivity index (χ2n) is 4.02. The predicted molar refractivity (Wildman–Crippen MR) is 63.7 cm³/mol. The molecule has 15 heavy (non-hydrogen) atoms. The molecule has 2 aliphatic heterocycles. The van der Waals surface area contributed by atoms with Gasteiger partial charge in [-0.15, -0.1) is 0 Å². The van der Waals surface area contributed by atoms with E-state index in [0.29, 0.717) is 13.1 Å². The molecule has 0 bridgehead atoms. The van der Waals surface area contributed by atoms with Gasteiger partial charge in [0.1, 0.15) is 0 Å². The van der Waals surface area contributed by atoms with Crippen LogP contribution in [-0.2, 0) is 10.0 Å². The van der Waals surface area contributed by atoms with Crippen LogP contribution in [0.5, 0.6) is 0 Å². The first-order chi connectivity index (χ1) is 7.20. The maximum absolute atomic E-state index is 12.0. The molecule has 0 aromatic heterocycles. The molecule has 88 valence electrons. The van der Waals surface area contributed by atoms with Gasteiger partial charge in [0.25, 0.3) is 0 Å². The van der Waals surface area contributed by atoms with Gasteiger partial charge in [0.15, 0.2) is 0 Å². The van der Waals surface area contributed by atoms with E-state index in [9.17, 15) is 8.42 Å². The molecular formula is C9H18N2O2S2. The lowest BCUT2D eigenvalue weighted by molar-refractivity contribution is 0.309. The first-order valence-corrected chi connectivity index (χ1v) is 8.24. The van der Waals surface area contributed by atoms with Gasteiger partial charge in [-0.25, -0.2) is 8.42 Å². The van der Waals surface area contributed by atoms with Crippen LogP contribution in [0.25, 0.3) is 0 Å². The molecule has 2 rings (SSSR count). The molecule has 0 unspecified atom stereocenters. The van der Waals surface area contributed by atoms with Crippen LogP contribution < -0.4 is 5.32 Å². The fraction of sp³-hybridized carbons (Fsp3) is 1.00. The van der Waals surface area contributed by atoms with Gasteiger partial charge in [-0.3, -0.25) is 0 Å². The maximum atomic E-state index is 12.0. The summed E-state index contributed by atoms with van der Waals surface area (Å²) in [4.78, 5) is 0. The lowest BCUT2D eigenvalue weighted by atomic mass is 10.1. The van der Waals surface area contributed by atoms with Crippen LogP contribution in [0.1, 0.15) is 12.8 Å². The third kappa shape index (κ3) is 2.87. The van der Waals surface area contributed by atoms with Crippen molar-refractivity contribution in [2.24, 2.45) is 0 Å². The number of thioether (sulfide) groups is 1. The number of hydrogen-bond acceptors (Lipinski definition) is 4. The van der Waals surface area contributed by atoms with Crippen LogP contribution in [0.15, 0.2) is 0 Å². The topological polar surface area (TPSA) is 49.4 Å². The van der Waals surface area contributed by atoms with E-state index in [0.717, 1.165) is 30.9 Å². The molecule has 0 aromatic rings. The van der Waals surface area contributed by atoms with Crippen LogP contribution in [-0.4, -0.2) is 55.7 Å². The molecule has 0 saturated carbocycles. The fourth-order valence-corrected chi connectivity index (χ4v) is 4.91. The quantitative estimate of drug-likeness (QED) is 0.718. The van der Waals surface area contributed by atoms with Crippen molar-refractivity contribution in [3.05, 3.63) is 0 Å². The van der Waals surface area contributed by atoms with E-state index < -0.39 is 10.0 Å². The largest absolute Gasteiger partial charge is 0.314 e. The Bertz CT molecular complexity index is 299. The van der Waals surface area contributed by atoms with Gasteiger partial charge in [-0.05, 0) is 24.3 Å². The lowest BCUT2D eigenvalue weighted by Crippen LogP contribution is -2.43. The molecule has 0 aromatic carbocycles. The van der Waals surface area contributed by atoms with Crippen molar-refractivity contribution in [3.8, 4) is 0 Å². The monoisotopic (exact) mass is 250 g/mol. The Balaban J connectivity index is 2.09. The number of nitrogens with zero attached hydrogens (tertiary/aromatic N) is 1. The van der Waals surface area contributed by atoms with Crippen LogP contribution in [0.2, 0.25) is 0 Å². The molecule has 2 saturated heterocycles. The third-order valence-electron chi connectivity index (χ3n) is 3.00. The van der Waals surface area contributed by atoms with E-state index in [1.807, 2.05) is 11.8 Å².